The number of nitrogens with zero attached hydrogens (tertiary/aromatic N) is 3. The van der Waals surface area contributed by atoms with Crippen LogP contribution in [0.15, 0.2) is 89.2 Å². The largest absolute Gasteiger partial charge is 0.390 e. The van der Waals surface area contributed by atoms with Crippen LogP contribution in [0.5, 0.6) is 0 Å². The monoisotopic (exact) mass is 485 g/mol. The molecule has 0 amide bonds. The molecule has 0 spiro atoms. The summed E-state index contributed by atoms with van der Waals surface area (Å²) in [7, 11) is 0. The summed E-state index contributed by atoms with van der Waals surface area (Å²) in [5.74, 6) is -1.58. The zero-order valence-electron chi connectivity index (χ0n) is 16.9. The van der Waals surface area contributed by atoms with Crippen molar-refractivity contribution in [3.05, 3.63) is 128 Å². The Morgan fingerprint density at radius 2 is 1.82 bits per heavy atom. The Balaban J connectivity index is 1.82. The van der Waals surface area contributed by atoms with E-state index in [9.17, 15) is 13.6 Å². The topological polar surface area (TPSA) is 56.5 Å². The zero-order chi connectivity index (χ0) is 23.4. The van der Waals surface area contributed by atoms with Crippen LogP contribution in [-0.2, 0) is 11.4 Å². The molecule has 0 unspecified atom stereocenters. The maximum Gasteiger partial charge on any atom is 0.255 e. The van der Waals surface area contributed by atoms with Gasteiger partial charge in [0, 0.05) is 47.4 Å². The molecule has 4 aromatic rings. The molecule has 0 aliphatic heterocycles. The van der Waals surface area contributed by atoms with Crippen molar-refractivity contribution in [2.45, 2.75) is 6.61 Å². The van der Waals surface area contributed by atoms with E-state index in [1.807, 2.05) is 0 Å². The highest BCUT2D eigenvalue weighted by Gasteiger charge is 2.17. The minimum absolute atomic E-state index is 0.0157. The lowest BCUT2D eigenvalue weighted by molar-refractivity contribution is 0.130. The average Bonchev–Trinajstić information content (AvgIpc) is 2.79. The van der Waals surface area contributed by atoms with Gasteiger partial charge in [0.1, 0.15) is 24.0 Å². The predicted octanol–water partition coefficient (Wildman–Crippen LogP) is 5.79. The summed E-state index contributed by atoms with van der Waals surface area (Å²) in [4.78, 5) is 22.0. The first-order chi connectivity index (χ1) is 15.9. The third kappa shape index (κ3) is 5.10. The molecular formula is C24H15Cl2F2N3O2. The van der Waals surface area contributed by atoms with Gasteiger partial charge >= 0.3 is 0 Å². The molecular weight excluding hydrogens is 471 g/mol. The van der Waals surface area contributed by atoms with Gasteiger partial charge in [-0.2, -0.15) is 0 Å². The number of halogens is 4. The van der Waals surface area contributed by atoms with E-state index in [1.165, 1.54) is 29.0 Å². The Morgan fingerprint density at radius 3 is 2.52 bits per heavy atom. The average molecular weight is 486 g/mol. The Morgan fingerprint density at radius 1 is 1.03 bits per heavy atom. The van der Waals surface area contributed by atoms with Gasteiger partial charge in [-0.25, -0.2) is 8.78 Å². The van der Waals surface area contributed by atoms with Crippen molar-refractivity contribution >= 4 is 28.9 Å². The number of oxime groups is 1. The van der Waals surface area contributed by atoms with E-state index in [2.05, 4.69) is 10.1 Å². The molecule has 33 heavy (non-hydrogen) atoms. The molecule has 5 nitrogen and oxygen atoms in total. The summed E-state index contributed by atoms with van der Waals surface area (Å²) < 4.78 is 29.4. The fraction of sp³-hybridized carbons (Fsp3) is 0.0417. The third-order valence-electron chi connectivity index (χ3n) is 4.66. The SMILES string of the molecule is O=c1ccc(/C(=N/OCc2cccnc2)c2ccc(F)cc2F)cn1-c1c(Cl)cccc1Cl. The highest BCUT2D eigenvalue weighted by Crippen LogP contribution is 2.28. The maximum absolute atomic E-state index is 14.7. The molecule has 0 aliphatic carbocycles. The molecule has 2 aromatic heterocycles. The van der Waals surface area contributed by atoms with Crippen molar-refractivity contribution < 1.29 is 13.6 Å². The van der Waals surface area contributed by atoms with Crippen molar-refractivity contribution in [3.8, 4) is 5.69 Å². The quantitative estimate of drug-likeness (QED) is 0.256. The van der Waals surface area contributed by atoms with Gasteiger partial charge < -0.3 is 4.84 Å². The molecule has 0 atom stereocenters. The molecule has 0 aliphatic rings. The van der Waals surface area contributed by atoms with Crippen molar-refractivity contribution in [1.29, 1.82) is 0 Å². The van der Waals surface area contributed by atoms with E-state index in [1.54, 1.807) is 42.7 Å². The van der Waals surface area contributed by atoms with Crippen LogP contribution in [0.4, 0.5) is 8.78 Å². The second-order valence-electron chi connectivity index (χ2n) is 6.90. The van der Waals surface area contributed by atoms with Crippen LogP contribution in [-0.4, -0.2) is 15.3 Å². The molecule has 0 fully saturated rings. The molecule has 4 rings (SSSR count). The molecule has 2 aromatic carbocycles. The number of hydrogen-bond donors (Lipinski definition) is 0. The first-order valence-corrected chi connectivity index (χ1v) is 10.4. The van der Waals surface area contributed by atoms with E-state index >= 15 is 0 Å². The lowest BCUT2D eigenvalue weighted by Crippen LogP contribution is -2.20. The number of rotatable bonds is 6. The summed E-state index contributed by atoms with van der Waals surface area (Å²) in [5, 5.41) is 4.61. The van der Waals surface area contributed by atoms with Gasteiger partial charge in [-0.1, -0.05) is 40.5 Å². The van der Waals surface area contributed by atoms with Crippen LogP contribution < -0.4 is 5.56 Å². The van der Waals surface area contributed by atoms with Gasteiger partial charge in [-0.15, -0.1) is 0 Å². The van der Waals surface area contributed by atoms with Gasteiger partial charge in [0.2, 0.25) is 0 Å². The van der Waals surface area contributed by atoms with E-state index < -0.39 is 17.2 Å². The molecule has 9 heteroatoms. The van der Waals surface area contributed by atoms with Crippen LogP contribution >= 0.6 is 23.2 Å². The summed E-state index contributed by atoms with van der Waals surface area (Å²) in [6.07, 6.45) is 4.65. The van der Waals surface area contributed by atoms with Crippen molar-refractivity contribution in [3.63, 3.8) is 0 Å². The molecule has 0 N–H and O–H groups in total. The number of benzene rings is 2. The van der Waals surface area contributed by atoms with E-state index in [-0.39, 0.29) is 33.6 Å². The molecule has 0 saturated carbocycles. The Labute approximate surface area is 197 Å². The Bertz CT molecular complexity index is 1370. The minimum atomic E-state index is -0.841. The molecule has 166 valence electrons. The van der Waals surface area contributed by atoms with Crippen molar-refractivity contribution in [2.24, 2.45) is 5.16 Å². The number of aromatic nitrogens is 2. The fourth-order valence-corrected chi connectivity index (χ4v) is 3.69. The molecule has 0 saturated heterocycles. The molecule has 0 bridgehead atoms. The fourth-order valence-electron chi connectivity index (χ4n) is 3.11. The maximum atomic E-state index is 14.7. The second-order valence-corrected chi connectivity index (χ2v) is 7.71. The summed E-state index contributed by atoms with van der Waals surface area (Å²) in [6, 6.07) is 14.2. The van der Waals surface area contributed by atoms with E-state index in [4.69, 9.17) is 28.0 Å². The highest BCUT2D eigenvalue weighted by molar-refractivity contribution is 6.37. The molecule has 2 heterocycles. The van der Waals surface area contributed by atoms with Crippen LogP contribution in [0.3, 0.4) is 0 Å². The summed E-state index contributed by atoms with van der Waals surface area (Å²) in [6.45, 7) is 0.0656. The van der Waals surface area contributed by atoms with Crippen LogP contribution in [0.1, 0.15) is 16.7 Å². The highest BCUT2D eigenvalue weighted by atomic mass is 35.5. The molecule has 0 radical (unpaired) electrons. The van der Waals surface area contributed by atoms with Crippen LogP contribution in [0.25, 0.3) is 5.69 Å². The standard InChI is InChI=1S/C24H15Cl2F2N3O2/c25-19-4-1-5-20(26)24(19)31-13-16(6-9-22(31)32)23(18-8-7-17(27)11-21(18)28)30-33-14-15-3-2-10-29-12-15/h1-13H,14H2/b30-23-. The van der Waals surface area contributed by atoms with Crippen LogP contribution in [0.2, 0.25) is 10.0 Å². The number of pyridine rings is 2. The van der Waals surface area contributed by atoms with E-state index in [0.717, 1.165) is 17.7 Å². The Kier molecular flexibility index (Phi) is 6.82. The van der Waals surface area contributed by atoms with Gasteiger partial charge in [0.15, 0.2) is 0 Å². The lowest BCUT2D eigenvalue weighted by Gasteiger charge is -2.13. The smallest absolute Gasteiger partial charge is 0.255 e. The predicted molar refractivity (Wildman–Crippen MR) is 123 cm³/mol. The summed E-state index contributed by atoms with van der Waals surface area (Å²) >= 11 is 12.5. The normalized spacial score (nSPS) is 11.5. The van der Waals surface area contributed by atoms with Gasteiger partial charge in [-0.05, 0) is 36.4 Å². The van der Waals surface area contributed by atoms with Crippen molar-refractivity contribution in [1.82, 2.24) is 9.55 Å². The van der Waals surface area contributed by atoms with E-state index in [0.29, 0.717) is 5.56 Å². The van der Waals surface area contributed by atoms with Crippen molar-refractivity contribution in [2.75, 3.05) is 0 Å². The van der Waals surface area contributed by atoms with Gasteiger partial charge in [0.25, 0.3) is 5.56 Å². The van der Waals surface area contributed by atoms with Gasteiger partial charge in [0.05, 0.1) is 15.7 Å². The minimum Gasteiger partial charge on any atom is -0.390 e. The first-order valence-electron chi connectivity index (χ1n) is 9.66. The Hall–Kier alpha value is -3.55. The lowest BCUT2D eigenvalue weighted by atomic mass is 10.0. The third-order valence-corrected chi connectivity index (χ3v) is 5.27. The summed E-state index contributed by atoms with van der Waals surface area (Å²) in [5.41, 5.74) is 0.952. The number of para-hydroxylation sites is 1. The number of hydrogen-bond acceptors (Lipinski definition) is 4. The van der Waals surface area contributed by atoms with Crippen LogP contribution in [0, 0.1) is 11.6 Å². The van der Waals surface area contributed by atoms with Gasteiger partial charge in [-0.3, -0.25) is 14.3 Å². The second kappa shape index (κ2) is 9.94. The zero-order valence-corrected chi connectivity index (χ0v) is 18.4. The first kappa shape index (κ1) is 22.6.